The lowest BCUT2D eigenvalue weighted by molar-refractivity contribution is 0.379. The number of methoxy groups -OCH3 is 1. The molecule has 0 amide bonds. The summed E-state index contributed by atoms with van der Waals surface area (Å²) in [7, 11) is 3.16. The summed E-state index contributed by atoms with van der Waals surface area (Å²) < 4.78 is 18.4. The fraction of sp³-hybridized carbons (Fsp3) is 0.250. The molecule has 0 radical (unpaired) electrons. The predicted octanol–water partition coefficient (Wildman–Crippen LogP) is 1.67. The van der Waals surface area contributed by atoms with E-state index in [9.17, 15) is 4.39 Å². The van der Waals surface area contributed by atoms with E-state index in [0.29, 0.717) is 17.5 Å². The van der Waals surface area contributed by atoms with Crippen LogP contribution < -0.4 is 15.4 Å². The van der Waals surface area contributed by atoms with Gasteiger partial charge in [-0.05, 0) is 6.07 Å². The maximum atomic E-state index is 13.5. The van der Waals surface area contributed by atoms with Gasteiger partial charge in [0.2, 0.25) is 11.9 Å². The Morgan fingerprint density at radius 1 is 1.16 bits per heavy atom. The summed E-state index contributed by atoms with van der Waals surface area (Å²) >= 11 is 0. The molecule has 0 saturated carbocycles. The largest absolute Gasteiger partial charge is 0.467 e. The fourth-order valence-corrected chi connectivity index (χ4v) is 1.45. The highest BCUT2D eigenvalue weighted by Crippen LogP contribution is 2.12. The Morgan fingerprint density at radius 3 is 2.58 bits per heavy atom. The van der Waals surface area contributed by atoms with Crippen LogP contribution in [-0.4, -0.2) is 29.1 Å². The molecule has 0 aliphatic heterocycles. The van der Waals surface area contributed by atoms with Crippen molar-refractivity contribution in [2.75, 3.05) is 24.8 Å². The van der Waals surface area contributed by atoms with Crippen LogP contribution in [0.3, 0.4) is 0 Å². The molecule has 0 atom stereocenters. The van der Waals surface area contributed by atoms with E-state index in [4.69, 9.17) is 4.74 Å². The summed E-state index contributed by atoms with van der Waals surface area (Å²) in [4.78, 5) is 12.1. The zero-order valence-electron chi connectivity index (χ0n) is 10.6. The number of rotatable bonds is 5. The summed E-state index contributed by atoms with van der Waals surface area (Å²) in [5.74, 6) is 0.423. The number of nitrogens with zero attached hydrogens (tertiary/aromatic N) is 3. The van der Waals surface area contributed by atoms with Gasteiger partial charge in [-0.3, -0.25) is 0 Å². The lowest BCUT2D eigenvalue weighted by Gasteiger charge is -2.08. The fourth-order valence-electron chi connectivity index (χ4n) is 1.45. The van der Waals surface area contributed by atoms with Crippen LogP contribution >= 0.6 is 0 Å². The zero-order chi connectivity index (χ0) is 13.7. The molecule has 1 aromatic carbocycles. The number of anilines is 2. The van der Waals surface area contributed by atoms with E-state index in [1.807, 2.05) is 0 Å². The van der Waals surface area contributed by atoms with Gasteiger partial charge >= 0.3 is 6.01 Å². The van der Waals surface area contributed by atoms with Crippen LogP contribution in [0.2, 0.25) is 0 Å². The molecule has 2 aromatic rings. The normalized spacial score (nSPS) is 10.1. The van der Waals surface area contributed by atoms with Gasteiger partial charge in [-0.25, -0.2) is 4.39 Å². The van der Waals surface area contributed by atoms with Gasteiger partial charge in [0, 0.05) is 19.2 Å². The molecule has 0 saturated heterocycles. The summed E-state index contributed by atoms with van der Waals surface area (Å²) in [6.07, 6.45) is 0. The lowest BCUT2D eigenvalue weighted by Crippen LogP contribution is -2.09. The van der Waals surface area contributed by atoms with Gasteiger partial charge in [-0.1, -0.05) is 18.2 Å². The number of hydrogen-bond acceptors (Lipinski definition) is 6. The first-order valence-electron chi connectivity index (χ1n) is 5.68. The Morgan fingerprint density at radius 2 is 1.89 bits per heavy atom. The van der Waals surface area contributed by atoms with Crippen LogP contribution in [0.5, 0.6) is 6.01 Å². The quantitative estimate of drug-likeness (QED) is 0.855. The Kier molecular flexibility index (Phi) is 4.07. The second kappa shape index (κ2) is 5.94. The first-order valence-corrected chi connectivity index (χ1v) is 5.68. The Balaban J connectivity index is 2.13. The molecule has 0 spiro atoms. The summed E-state index contributed by atoms with van der Waals surface area (Å²) in [6, 6.07) is 6.70. The minimum Gasteiger partial charge on any atom is -0.467 e. The third-order valence-corrected chi connectivity index (χ3v) is 2.42. The monoisotopic (exact) mass is 263 g/mol. The van der Waals surface area contributed by atoms with E-state index >= 15 is 0 Å². The van der Waals surface area contributed by atoms with Gasteiger partial charge in [-0.15, -0.1) is 0 Å². The van der Waals surface area contributed by atoms with E-state index in [0.717, 1.165) is 0 Å². The summed E-state index contributed by atoms with van der Waals surface area (Å²) in [6.45, 7) is 0.281. The maximum Gasteiger partial charge on any atom is 0.322 e. The first-order chi connectivity index (χ1) is 9.22. The SMILES string of the molecule is CNc1nc(NCc2ccccc2F)nc(OC)n1. The van der Waals surface area contributed by atoms with Crippen molar-refractivity contribution >= 4 is 11.9 Å². The molecule has 100 valence electrons. The van der Waals surface area contributed by atoms with Crippen LogP contribution in [0.4, 0.5) is 16.3 Å². The highest BCUT2D eigenvalue weighted by molar-refractivity contribution is 5.36. The molecule has 0 fully saturated rings. The molecule has 1 aromatic heterocycles. The minimum atomic E-state index is -0.273. The standard InChI is InChI=1S/C12H14FN5O/c1-14-10-16-11(18-12(17-10)19-2)15-7-8-5-3-4-6-9(8)13/h3-6H,7H2,1-2H3,(H2,14,15,16,17,18). The molecule has 0 aliphatic carbocycles. The number of hydrogen-bond donors (Lipinski definition) is 2. The molecule has 2 rings (SSSR count). The molecular weight excluding hydrogens is 249 g/mol. The van der Waals surface area contributed by atoms with E-state index in [-0.39, 0.29) is 18.4 Å². The van der Waals surface area contributed by atoms with E-state index in [2.05, 4.69) is 25.6 Å². The van der Waals surface area contributed by atoms with Crippen LogP contribution in [0, 0.1) is 5.82 Å². The molecule has 6 nitrogen and oxygen atoms in total. The number of benzene rings is 1. The van der Waals surface area contributed by atoms with Crippen molar-refractivity contribution in [3.63, 3.8) is 0 Å². The molecule has 0 bridgehead atoms. The van der Waals surface area contributed by atoms with Crippen LogP contribution in [0.15, 0.2) is 24.3 Å². The average molecular weight is 263 g/mol. The molecular formula is C12H14FN5O. The molecule has 2 N–H and O–H groups in total. The van der Waals surface area contributed by atoms with Crippen LogP contribution in [-0.2, 0) is 6.54 Å². The Labute approximate surface area is 110 Å². The predicted molar refractivity (Wildman–Crippen MR) is 69.7 cm³/mol. The van der Waals surface area contributed by atoms with E-state index in [1.165, 1.54) is 13.2 Å². The molecule has 7 heteroatoms. The number of aromatic nitrogens is 3. The second-order valence-electron chi connectivity index (χ2n) is 3.66. The van der Waals surface area contributed by atoms with Gasteiger partial charge < -0.3 is 15.4 Å². The van der Waals surface area contributed by atoms with Crippen LogP contribution in [0.25, 0.3) is 0 Å². The van der Waals surface area contributed by atoms with Crippen LogP contribution in [0.1, 0.15) is 5.56 Å². The third kappa shape index (κ3) is 3.27. The molecule has 0 unspecified atom stereocenters. The van der Waals surface area contributed by atoms with Crippen molar-refractivity contribution in [3.05, 3.63) is 35.6 Å². The minimum absolute atomic E-state index is 0.190. The topological polar surface area (TPSA) is 72.0 Å². The van der Waals surface area contributed by atoms with Crippen molar-refractivity contribution < 1.29 is 9.13 Å². The third-order valence-electron chi connectivity index (χ3n) is 2.42. The average Bonchev–Trinajstić information content (AvgIpc) is 2.46. The van der Waals surface area contributed by atoms with Crippen molar-refractivity contribution in [1.82, 2.24) is 15.0 Å². The number of halogens is 1. The van der Waals surface area contributed by atoms with Gasteiger partial charge in [0.25, 0.3) is 0 Å². The van der Waals surface area contributed by atoms with E-state index in [1.54, 1.807) is 25.2 Å². The molecule has 19 heavy (non-hydrogen) atoms. The number of nitrogens with one attached hydrogen (secondary N) is 2. The van der Waals surface area contributed by atoms with Gasteiger partial charge in [0.1, 0.15) is 5.82 Å². The number of ether oxygens (including phenoxy) is 1. The zero-order valence-corrected chi connectivity index (χ0v) is 10.6. The first kappa shape index (κ1) is 13.0. The smallest absolute Gasteiger partial charge is 0.322 e. The highest BCUT2D eigenvalue weighted by Gasteiger charge is 2.06. The Hall–Kier alpha value is -2.44. The van der Waals surface area contributed by atoms with Gasteiger partial charge in [-0.2, -0.15) is 15.0 Å². The molecule has 0 aliphatic rings. The Bertz CT molecular complexity index is 541. The van der Waals surface area contributed by atoms with Crippen molar-refractivity contribution in [1.29, 1.82) is 0 Å². The second-order valence-corrected chi connectivity index (χ2v) is 3.66. The van der Waals surface area contributed by atoms with Gasteiger partial charge in [0.05, 0.1) is 7.11 Å². The van der Waals surface area contributed by atoms with Crippen molar-refractivity contribution in [2.24, 2.45) is 0 Å². The van der Waals surface area contributed by atoms with Crippen molar-refractivity contribution in [3.8, 4) is 6.01 Å². The maximum absolute atomic E-state index is 13.5. The molecule has 1 heterocycles. The van der Waals surface area contributed by atoms with Crippen molar-refractivity contribution in [2.45, 2.75) is 6.54 Å². The lowest BCUT2D eigenvalue weighted by atomic mass is 10.2. The summed E-state index contributed by atoms with van der Waals surface area (Å²) in [5, 5.41) is 5.72. The highest BCUT2D eigenvalue weighted by atomic mass is 19.1. The van der Waals surface area contributed by atoms with E-state index < -0.39 is 0 Å². The van der Waals surface area contributed by atoms with Gasteiger partial charge in [0.15, 0.2) is 0 Å². The summed E-state index contributed by atoms with van der Waals surface area (Å²) in [5.41, 5.74) is 0.535.